The minimum atomic E-state index is -0.550. The number of ether oxygens (including phenoxy) is 1. The number of anilines is 1. The van der Waals surface area contributed by atoms with Gasteiger partial charge in [0.2, 0.25) is 0 Å². The third kappa shape index (κ3) is 2.21. The van der Waals surface area contributed by atoms with E-state index in [1.165, 1.54) is 7.11 Å². The Morgan fingerprint density at radius 1 is 1.18 bits per heavy atom. The van der Waals surface area contributed by atoms with E-state index in [9.17, 15) is 4.79 Å². The maximum Gasteiger partial charge on any atom is 0.384 e. The number of carbonyl (C=O) groups excluding carboxylic acids is 1. The third-order valence-corrected chi connectivity index (χ3v) is 2.44. The van der Waals surface area contributed by atoms with Gasteiger partial charge in [0.25, 0.3) is 0 Å². The maximum absolute atomic E-state index is 11.0. The Morgan fingerprint density at radius 2 is 1.88 bits per heavy atom. The Balaban J connectivity index is 2.58. The highest BCUT2D eigenvalue weighted by atomic mass is 16.5. The van der Waals surface area contributed by atoms with Gasteiger partial charge in [0.05, 0.1) is 7.11 Å². The Kier molecular flexibility index (Phi) is 2.97. The Bertz CT molecular complexity index is 635. The van der Waals surface area contributed by atoms with Crippen LogP contribution in [0.1, 0.15) is 5.56 Å². The van der Waals surface area contributed by atoms with Gasteiger partial charge in [-0.15, -0.1) is 0 Å². The molecule has 0 unspecified atom stereocenters. The normalized spacial score (nSPS) is 9.47. The molecule has 0 radical (unpaired) electrons. The second-order valence-electron chi connectivity index (χ2n) is 3.49. The minimum absolute atomic E-state index is 0.550. The molecule has 2 aromatic carbocycles. The highest BCUT2D eigenvalue weighted by Crippen LogP contribution is 2.23. The summed E-state index contributed by atoms with van der Waals surface area (Å²) in [5.41, 5.74) is 7.33. The third-order valence-electron chi connectivity index (χ3n) is 2.44. The van der Waals surface area contributed by atoms with E-state index in [0.717, 1.165) is 16.3 Å². The van der Waals surface area contributed by atoms with E-state index in [2.05, 4.69) is 16.6 Å². The molecule has 0 spiro atoms. The molecule has 0 saturated heterocycles. The molecule has 0 aromatic heterocycles. The summed E-state index contributed by atoms with van der Waals surface area (Å²) in [6, 6.07) is 11.2. The summed E-state index contributed by atoms with van der Waals surface area (Å²) in [4.78, 5) is 11.0. The van der Waals surface area contributed by atoms with Gasteiger partial charge < -0.3 is 10.5 Å². The van der Waals surface area contributed by atoms with Crippen molar-refractivity contribution in [2.75, 3.05) is 12.8 Å². The molecule has 3 nitrogen and oxygen atoms in total. The van der Waals surface area contributed by atoms with Gasteiger partial charge in [0, 0.05) is 22.6 Å². The number of nitrogen functional groups attached to an aromatic ring is 1. The van der Waals surface area contributed by atoms with Gasteiger partial charge in [0.1, 0.15) is 0 Å². The molecule has 0 aliphatic carbocycles. The first-order chi connectivity index (χ1) is 8.22. The quantitative estimate of drug-likeness (QED) is 0.423. The number of rotatable bonds is 0. The average Bonchev–Trinajstić information content (AvgIpc) is 2.36. The molecule has 0 aliphatic rings. The van der Waals surface area contributed by atoms with Crippen molar-refractivity contribution < 1.29 is 9.53 Å². The van der Waals surface area contributed by atoms with Crippen LogP contribution < -0.4 is 5.73 Å². The van der Waals surface area contributed by atoms with Crippen LogP contribution in [0.2, 0.25) is 0 Å². The second-order valence-corrected chi connectivity index (χ2v) is 3.49. The fourth-order valence-corrected chi connectivity index (χ4v) is 1.61. The fraction of sp³-hybridized carbons (Fsp3) is 0.0714. The van der Waals surface area contributed by atoms with Crippen molar-refractivity contribution in [1.29, 1.82) is 0 Å². The number of esters is 1. The highest BCUT2D eigenvalue weighted by molar-refractivity contribution is 5.97. The van der Waals surface area contributed by atoms with E-state index in [1.807, 2.05) is 36.4 Å². The van der Waals surface area contributed by atoms with Gasteiger partial charge in [-0.3, -0.25) is 0 Å². The molecule has 17 heavy (non-hydrogen) atoms. The molecule has 0 saturated carbocycles. The number of fused-ring (bicyclic) bond motifs is 1. The van der Waals surface area contributed by atoms with E-state index < -0.39 is 5.97 Å². The van der Waals surface area contributed by atoms with Crippen LogP contribution in [-0.4, -0.2) is 13.1 Å². The monoisotopic (exact) mass is 225 g/mol. The molecule has 2 aromatic rings. The van der Waals surface area contributed by atoms with E-state index in [4.69, 9.17) is 5.73 Å². The molecule has 0 amide bonds. The number of carbonyl (C=O) groups is 1. The lowest BCUT2D eigenvalue weighted by Crippen LogP contribution is -1.94. The zero-order valence-electron chi connectivity index (χ0n) is 9.36. The Labute approximate surface area is 99.2 Å². The van der Waals surface area contributed by atoms with Crippen LogP contribution in [0.25, 0.3) is 10.8 Å². The van der Waals surface area contributed by atoms with Gasteiger partial charge >= 0.3 is 5.97 Å². The predicted octanol–water partition coefficient (Wildman–Crippen LogP) is 1.95. The van der Waals surface area contributed by atoms with E-state index in [-0.39, 0.29) is 0 Å². The summed E-state index contributed by atoms with van der Waals surface area (Å²) in [7, 11) is 1.30. The van der Waals surface area contributed by atoms with Crippen LogP contribution in [0.15, 0.2) is 36.4 Å². The summed E-state index contributed by atoms with van der Waals surface area (Å²) >= 11 is 0. The van der Waals surface area contributed by atoms with Crippen molar-refractivity contribution in [2.24, 2.45) is 0 Å². The van der Waals surface area contributed by atoms with E-state index >= 15 is 0 Å². The van der Waals surface area contributed by atoms with Gasteiger partial charge in [-0.25, -0.2) is 4.79 Å². The standard InChI is InChI=1S/C14H11NO2/c1-17-14(16)9-8-10-4-2-6-12-11(10)5-3-7-13(12)15/h2-7H,15H2,1H3. The lowest BCUT2D eigenvalue weighted by atomic mass is 10.0. The first kappa shape index (κ1) is 11.0. The predicted molar refractivity (Wildman–Crippen MR) is 67.3 cm³/mol. The first-order valence-corrected chi connectivity index (χ1v) is 5.09. The first-order valence-electron chi connectivity index (χ1n) is 5.09. The molecular weight excluding hydrogens is 214 g/mol. The van der Waals surface area contributed by atoms with Crippen LogP contribution in [-0.2, 0) is 9.53 Å². The summed E-state index contributed by atoms with van der Waals surface area (Å²) in [5, 5.41) is 1.87. The van der Waals surface area contributed by atoms with Crippen molar-refractivity contribution in [3.63, 3.8) is 0 Å². The summed E-state index contributed by atoms with van der Waals surface area (Å²) in [6.07, 6.45) is 0. The molecule has 84 valence electrons. The molecule has 0 fully saturated rings. The summed E-state index contributed by atoms with van der Waals surface area (Å²) in [5.74, 6) is 4.64. The zero-order valence-corrected chi connectivity index (χ0v) is 9.36. The van der Waals surface area contributed by atoms with Crippen molar-refractivity contribution >= 4 is 22.4 Å². The highest BCUT2D eigenvalue weighted by Gasteiger charge is 2.00. The number of nitrogens with two attached hydrogens (primary N) is 1. The average molecular weight is 225 g/mol. The largest absolute Gasteiger partial charge is 0.459 e. The molecule has 2 N–H and O–H groups in total. The van der Waals surface area contributed by atoms with Crippen LogP contribution in [0.5, 0.6) is 0 Å². The van der Waals surface area contributed by atoms with E-state index in [0.29, 0.717) is 5.69 Å². The second kappa shape index (κ2) is 4.58. The van der Waals surface area contributed by atoms with Crippen LogP contribution in [0, 0.1) is 11.8 Å². The summed E-state index contributed by atoms with van der Waals surface area (Å²) < 4.78 is 4.47. The number of hydrogen-bond acceptors (Lipinski definition) is 3. The van der Waals surface area contributed by atoms with Gasteiger partial charge in [-0.1, -0.05) is 30.2 Å². The van der Waals surface area contributed by atoms with Crippen molar-refractivity contribution in [3.8, 4) is 11.8 Å². The Hall–Kier alpha value is -2.47. The van der Waals surface area contributed by atoms with Crippen molar-refractivity contribution in [3.05, 3.63) is 42.0 Å². The van der Waals surface area contributed by atoms with Crippen LogP contribution in [0.4, 0.5) is 5.69 Å². The number of benzene rings is 2. The van der Waals surface area contributed by atoms with Crippen LogP contribution >= 0.6 is 0 Å². The van der Waals surface area contributed by atoms with E-state index in [1.54, 1.807) is 0 Å². The van der Waals surface area contributed by atoms with Crippen molar-refractivity contribution in [1.82, 2.24) is 0 Å². The fourth-order valence-electron chi connectivity index (χ4n) is 1.61. The molecule has 0 atom stereocenters. The SMILES string of the molecule is COC(=O)C#Cc1cccc2c(N)cccc12. The molecule has 0 aliphatic heterocycles. The Morgan fingerprint density at radius 3 is 2.65 bits per heavy atom. The number of methoxy groups -OCH3 is 1. The lowest BCUT2D eigenvalue weighted by Gasteiger charge is -2.03. The lowest BCUT2D eigenvalue weighted by molar-refractivity contribution is -0.133. The minimum Gasteiger partial charge on any atom is -0.459 e. The van der Waals surface area contributed by atoms with Gasteiger partial charge in [-0.2, -0.15) is 0 Å². The zero-order chi connectivity index (χ0) is 12.3. The van der Waals surface area contributed by atoms with Crippen molar-refractivity contribution in [2.45, 2.75) is 0 Å². The molecule has 2 rings (SSSR count). The van der Waals surface area contributed by atoms with Gasteiger partial charge in [0.15, 0.2) is 0 Å². The smallest absolute Gasteiger partial charge is 0.384 e. The number of hydrogen-bond donors (Lipinski definition) is 1. The topological polar surface area (TPSA) is 52.3 Å². The van der Waals surface area contributed by atoms with Crippen LogP contribution in [0.3, 0.4) is 0 Å². The van der Waals surface area contributed by atoms with Gasteiger partial charge in [-0.05, 0) is 17.5 Å². The molecule has 0 bridgehead atoms. The molecular formula is C14H11NO2. The summed E-state index contributed by atoms with van der Waals surface area (Å²) in [6.45, 7) is 0. The molecule has 0 heterocycles. The maximum atomic E-state index is 11.0. The molecule has 3 heteroatoms.